The lowest BCUT2D eigenvalue weighted by Gasteiger charge is -2.47. The van der Waals surface area contributed by atoms with Crippen molar-refractivity contribution in [1.82, 2.24) is 19.7 Å². The molecule has 334 valence electrons. The molecule has 2 saturated heterocycles. The van der Waals surface area contributed by atoms with Crippen LogP contribution in [0, 0.1) is 17.8 Å². The van der Waals surface area contributed by atoms with Gasteiger partial charge >= 0.3 is 12.1 Å². The molecule has 1 N–H and O–H groups in total. The van der Waals surface area contributed by atoms with Crippen LogP contribution in [0.15, 0.2) is 42.6 Å². The number of hydrogen-bond donors (Lipinski definition) is 1. The number of pyridine rings is 1. The van der Waals surface area contributed by atoms with E-state index in [1.807, 2.05) is 101 Å². The van der Waals surface area contributed by atoms with Crippen LogP contribution in [-0.2, 0) is 38.1 Å². The molecule has 2 aliphatic rings. The van der Waals surface area contributed by atoms with Crippen LogP contribution in [0.25, 0.3) is 17.0 Å². The van der Waals surface area contributed by atoms with Gasteiger partial charge in [-0.05, 0) is 107 Å². The maximum absolute atomic E-state index is 14.6. The van der Waals surface area contributed by atoms with Crippen molar-refractivity contribution in [1.29, 1.82) is 0 Å². The summed E-state index contributed by atoms with van der Waals surface area (Å²) in [6.07, 6.45) is 1.60. The lowest BCUT2D eigenvalue weighted by Crippen LogP contribution is -2.59. The summed E-state index contributed by atoms with van der Waals surface area (Å²) in [4.78, 5) is 64.5. The highest BCUT2D eigenvalue weighted by atomic mass is 16.7. The number of aromatic nitrogens is 1. The van der Waals surface area contributed by atoms with Crippen LogP contribution in [0.3, 0.4) is 0 Å². The number of hydrogen-bond acceptors (Lipinski definition) is 13. The van der Waals surface area contributed by atoms with Crippen LogP contribution < -0.4 is 0 Å². The Morgan fingerprint density at radius 2 is 1.82 bits per heavy atom. The van der Waals surface area contributed by atoms with Crippen LogP contribution in [0.1, 0.15) is 87.1 Å². The van der Waals surface area contributed by atoms with E-state index < -0.39 is 77.4 Å². The summed E-state index contributed by atoms with van der Waals surface area (Å²) in [5, 5.41) is 12.6. The summed E-state index contributed by atoms with van der Waals surface area (Å²) in [6, 6.07) is 9.14. The number of nitrogens with zero attached hydrogens (tertiary/aromatic N) is 4. The van der Waals surface area contributed by atoms with Crippen LogP contribution in [-0.4, -0.2) is 150 Å². The summed E-state index contributed by atoms with van der Waals surface area (Å²) in [5.41, 5.74) is -0.724. The molecule has 0 bridgehead atoms. The maximum Gasteiger partial charge on any atom is 0.410 e. The first-order valence-electron chi connectivity index (χ1n) is 21.3. The van der Waals surface area contributed by atoms with E-state index in [0.717, 1.165) is 16.5 Å². The van der Waals surface area contributed by atoms with E-state index in [-0.39, 0.29) is 31.0 Å². The maximum atomic E-state index is 14.6. The van der Waals surface area contributed by atoms with Gasteiger partial charge in [0, 0.05) is 42.6 Å². The van der Waals surface area contributed by atoms with Crippen molar-refractivity contribution in [2.24, 2.45) is 17.8 Å². The van der Waals surface area contributed by atoms with E-state index in [1.165, 1.54) is 13.8 Å². The molecule has 2 fully saturated rings. The zero-order valence-corrected chi connectivity index (χ0v) is 38.0. The van der Waals surface area contributed by atoms with Crippen molar-refractivity contribution in [3.8, 4) is 0 Å². The van der Waals surface area contributed by atoms with E-state index in [2.05, 4.69) is 4.98 Å². The quantitative estimate of drug-likeness (QED) is 0.120. The minimum absolute atomic E-state index is 0.0752. The van der Waals surface area contributed by atoms with Crippen molar-refractivity contribution in [3.05, 3.63) is 48.2 Å². The van der Waals surface area contributed by atoms with Crippen molar-refractivity contribution < 1.29 is 48.0 Å². The minimum atomic E-state index is -1.31. The molecule has 3 heterocycles. The average Bonchev–Trinajstić information content (AvgIpc) is 3.42. The predicted octanol–water partition coefficient (Wildman–Crippen LogP) is 5.77. The van der Waals surface area contributed by atoms with E-state index in [1.54, 1.807) is 38.8 Å². The molecule has 1 unspecified atom stereocenters. The zero-order valence-electron chi connectivity index (χ0n) is 38.0. The van der Waals surface area contributed by atoms with E-state index in [4.69, 9.17) is 23.7 Å². The Labute approximate surface area is 356 Å². The van der Waals surface area contributed by atoms with Gasteiger partial charge in [0.15, 0.2) is 17.7 Å². The number of benzene rings is 1. The molecule has 2 aliphatic heterocycles. The minimum Gasteiger partial charge on any atom is -0.458 e. The van der Waals surface area contributed by atoms with Gasteiger partial charge in [0.1, 0.15) is 23.9 Å². The highest BCUT2D eigenvalue weighted by Crippen LogP contribution is 2.38. The molecule has 0 spiro atoms. The first-order chi connectivity index (χ1) is 28.1. The summed E-state index contributed by atoms with van der Waals surface area (Å²) in [7, 11) is 7.59. The normalized spacial score (nSPS) is 27.1. The summed E-state index contributed by atoms with van der Waals surface area (Å²) in [6.45, 7) is 16.8. The molecule has 0 radical (unpaired) electrons. The monoisotopic (exact) mass is 839 g/mol. The molecule has 0 aliphatic carbocycles. The van der Waals surface area contributed by atoms with Crippen LogP contribution in [0.5, 0.6) is 0 Å². The Bertz CT molecular complexity index is 1820. The van der Waals surface area contributed by atoms with Crippen LogP contribution in [0.4, 0.5) is 4.79 Å². The van der Waals surface area contributed by atoms with Gasteiger partial charge in [0.05, 0.1) is 36.0 Å². The fraction of sp³-hybridized carbons (Fsp3) is 0.674. The number of rotatable bonds is 21. The highest BCUT2D eigenvalue weighted by Gasteiger charge is 2.55. The Hall–Kier alpha value is -3.79. The van der Waals surface area contributed by atoms with Gasteiger partial charge in [0.2, 0.25) is 0 Å². The number of ether oxygens (including phenoxy) is 5. The molecule has 1 aromatic carbocycles. The molecule has 4 rings (SSSR count). The second kappa shape index (κ2) is 20.9. The Kier molecular flexibility index (Phi) is 17.0. The van der Waals surface area contributed by atoms with E-state index >= 15 is 0 Å². The van der Waals surface area contributed by atoms with Crippen molar-refractivity contribution in [2.45, 2.75) is 136 Å². The van der Waals surface area contributed by atoms with Gasteiger partial charge < -0.3 is 43.5 Å². The Morgan fingerprint density at radius 3 is 2.45 bits per heavy atom. The number of esters is 1. The Morgan fingerprint density at radius 1 is 1.13 bits per heavy atom. The lowest BCUT2D eigenvalue weighted by atomic mass is 9.78. The fourth-order valence-electron chi connectivity index (χ4n) is 8.44. The number of amides is 1. The van der Waals surface area contributed by atoms with Crippen molar-refractivity contribution in [3.63, 3.8) is 0 Å². The average molecular weight is 839 g/mol. The second-order valence-corrected chi connectivity index (χ2v) is 17.8. The number of cyclic esters (lactones) is 1. The molecule has 14 heteroatoms. The lowest BCUT2D eigenvalue weighted by molar-refractivity contribution is -0.296. The number of carbonyl (C=O) groups is 4. The highest BCUT2D eigenvalue weighted by molar-refractivity contribution is 6.00. The fourth-order valence-corrected chi connectivity index (χ4v) is 8.44. The number of likely N-dealkylation sites (N-methyl/N-ethyl adjacent to an activating group) is 2. The standard InChI is InChI=1S/C46H70N4O10/c1-14-38(46(9)33(7)50(44(55)60-46)22-21-48(10)11)58-42(54)31(5)39(52)30(4)41(59-43-40(53)37(49(12)13)24-29(3)57-43)45(8,26-28(2)32(6)51)56-23-17-18-34-25-35-19-15-16-20-36(35)47-27-34/h15-20,25,27-31,33,37-38,40-41,43,53H,14,21-24,26H2,1-13H3/b18-17+/t28-,29-,30+,31-,33-,37+,38-,40-,41-,43+,45?,46+/m1/s1. The third kappa shape index (κ3) is 11.6. The number of fused-ring (bicyclic) bond motifs is 1. The van der Waals surface area contributed by atoms with Gasteiger partial charge in [-0.1, -0.05) is 51.1 Å². The van der Waals surface area contributed by atoms with Gasteiger partial charge in [-0.15, -0.1) is 0 Å². The largest absolute Gasteiger partial charge is 0.458 e. The Balaban J connectivity index is 1.65. The number of Topliss-reactive ketones (excluding diaryl/α,β-unsaturated/α-hetero) is 2. The second-order valence-electron chi connectivity index (χ2n) is 17.8. The third-order valence-corrected chi connectivity index (χ3v) is 12.6. The molecule has 1 amide bonds. The molecule has 1 aromatic heterocycles. The van der Waals surface area contributed by atoms with Crippen LogP contribution >= 0.6 is 0 Å². The SMILES string of the molecule is CC[C@@H](OC(=O)[C@H](C)C(=O)[C@H](C)[C@@H](O[C@@H]1O[C@H](C)C[C@H](N(C)C)[C@H]1O)C(C)(C[C@@H](C)C(C)=O)OC/C=C/c1cnc2ccccc2c1)[C@@]1(C)OC(=O)N(CCN(C)C)[C@@H]1C. The topological polar surface area (TPSA) is 157 Å². The first-order valence-corrected chi connectivity index (χ1v) is 21.3. The third-order valence-electron chi connectivity index (χ3n) is 12.6. The van der Waals surface area contributed by atoms with Gasteiger partial charge in [-0.3, -0.25) is 19.4 Å². The first kappa shape index (κ1) is 48.9. The number of aliphatic hydroxyl groups excluding tert-OH is 1. The summed E-state index contributed by atoms with van der Waals surface area (Å²) < 4.78 is 31.6. The van der Waals surface area contributed by atoms with Crippen molar-refractivity contribution >= 4 is 40.6 Å². The molecule has 2 aromatic rings. The van der Waals surface area contributed by atoms with Crippen molar-refractivity contribution in [2.75, 3.05) is 47.9 Å². The molecular formula is C46H70N4O10. The number of aliphatic hydroxyl groups is 1. The molecule has 0 saturated carbocycles. The van der Waals surface area contributed by atoms with Gasteiger partial charge in [-0.2, -0.15) is 0 Å². The van der Waals surface area contributed by atoms with E-state index in [9.17, 15) is 24.3 Å². The molecule has 14 nitrogen and oxygen atoms in total. The number of ketones is 2. The predicted molar refractivity (Wildman–Crippen MR) is 230 cm³/mol. The van der Waals surface area contributed by atoms with E-state index in [0.29, 0.717) is 25.9 Å². The summed E-state index contributed by atoms with van der Waals surface area (Å²) >= 11 is 0. The van der Waals surface area contributed by atoms with Gasteiger partial charge in [-0.25, -0.2) is 4.79 Å². The van der Waals surface area contributed by atoms with Gasteiger partial charge in [0.25, 0.3) is 0 Å². The molecule has 12 atom stereocenters. The smallest absolute Gasteiger partial charge is 0.410 e. The molecular weight excluding hydrogens is 769 g/mol. The number of para-hydroxylation sites is 1. The summed E-state index contributed by atoms with van der Waals surface area (Å²) in [5.74, 6) is -4.10. The van der Waals surface area contributed by atoms with Crippen LogP contribution in [0.2, 0.25) is 0 Å². The zero-order chi connectivity index (χ0) is 44.7. The molecule has 60 heavy (non-hydrogen) atoms. The number of carbonyl (C=O) groups excluding carboxylic acids is 4.